The summed E-state index contributed by atoms with van der Waals surface area (Å²) in [7, 11) is 2.46. The molecule has 8 aliphatic rings. The first-order chi connectivity index (χ1) is 59.6. The average molecular weight is 1760 g/mol. The maximum Gasteiger partial charge on any atom is 0.412 e. The zero-order valence-electron chi connectivity index (χ0n) is 74.2. The van der Waals surface area contributed by atoms with E-state index in [1.807, 2.05) is 0 Å². The second-order valence-electron chi connectivity index (χ2n) is 34.7. The van der Waals surface area contributed by atoms with Crippen molar-refractivity contribution in [2.75, 3.05) is 25.3 Å². The normalized spacial score (nSPS) is 25.0. The lowest BCUT2D eigenvalue weighted by molar-refractivity contribution is -0.143. The first-order valence-corrected chi connectivity index (χ1v) is 43.7. The van der Waals surface area contributed by atoms with Gasteiger partial charge in [0.15, 0.2) is 0 Å². The van der Waals surface area contributed by atoms with E-state index in [1.165, 1.54) is 81.4 Å². The fraction of sp³-hybridized carbons (Fsp3) is 0.606. The Kier molecular flexibility index (Phi) is 47.1. The number of pyridine rings is 4. The number of carboxylic acid groups (broad SMARTS) is 2. The summed E-state index contributed by atoms with van der Waals surface area (Å²) in [5.74, 6) is -0.605. The number of nitriles is 1. The van der Waals surface area contributed by atoms with E-state index >= 15 is 0 Å². The Balaban J connectivity index is 0.000000302. The summed E-state index contributed by atoms with van der Waals surface area (Å²) in [6.45, 7) is 47.0. The number of carboxylic acids is 2. The van der Waals surface area contributed by atoms with Gasteiger partial charge in [-0.05, 0) is 202 Å². The Morgan fingerprint density at radius 1 is 0.484 bits per heavy atom. The van der Waals surface area contributed by atoms with Crippen molar-refractivity contribution in [3.05, 3.63) is 217 Å². The van der Waals surface area contributed by atoms with Crippen molar-refractivity contribution in [2.24, 2.45) is 47.0 Å². The number of nitrogens with one attached hydrogen (secondary N) is 1. The molecule has 0 unspecified atom stereocenters. The molecule has 2 amide bonds. The van der Waals surface area contributed by atoms with Gasteiger partial charge >= 0.3 is 35.6 Å². The van der Waals surface area contributed by atoms with Gasteiger partial charge in [0.1, 0.15) is 28.0 Å². The first-order valence-electron chi connectivity index (χ1n) is 43.7. The van der Waals surface area contributed by atoms with Gasteiger partial charge in [0.05, 0.1) is 38.2 Å². The van der Waals surface area contributed by atoms with E-state index in [4.69, 9.17) is 70.3 Å². The van der Waals surface area contributed by atoms with Gasteiger partial charge in [-0.3, -0.25) is 34.1 Å². The fourth-order valence-electron chi connectivity index (χ4n) is 17.0. The van der Waals surface area contributed by atoms with Crippen LogP contribution in [0.15, 0.2) is 120 Å². The van der Waals surface area contributed by atoms with Crippen LogP contribution in [-0.2, 0) is 23.8 Å². The Labute approximate surface area is 745 Å². The number of ether oxygens (including phenoxy) is 3. The van der Waals surface area contributed by atoms with Gasteiger partial charge in [-0.2, -0.15) is 5.26 Å². The summed E-state index contributed by atoms with van der Waals surface area (Å²) < 4.78 is 24.9. The van der Waals surface area contributed by atoms with Gasteiger partial charge in [-0.25, -0.2) is 56.8 Å². The highest BCUT2D eigenvalue weighted by atomic mass is 35.5. The molecule has 8 saturated carbocycles. The van der Waals surface area contributed by atoms with Crippen molar-refractivity contribution in [2.45, 2.75) is 313 Å². The zero-order valence-corrected chi connectivity index (χ0v) is 75.0. The Hall–Kier alpha value is -11.6. The number of aromatic nitrogens is 4. The molecule has 13 rings (SSSR count). The van der Waals surface area contributed by atoms with Gasteiger partial charge < -0.3 is 88.5 Å². The average Bonchev–Trinajstić information content (AvgIpc) is 0.821. The molecule has 8 aliphatic carbocycles. The summed E-state index contributed by atoms with van der Waals surface area (Å²) >= 11 is 0. The lowest BCUT2D eigenvalue weighted by atomic mass is 9.82. The number of halogens is 1. The van der Waals surface area contributed by atoms with Crippen LogP contribution in [0.3, 0.4) is 0 Å². The van der Waals surface area contributed by atoms with E-state index in [-0.39, 0.29) is 129 Å². The van der Waals surface area contributed by atoms with Crippen LogP contribution in [-0.4, -0.2) is 120 Å². The third kappa shape index (κ3) is 36.1. The molecule has 9 N–H and O–H groups in total. The number of nitrogens with zero attached hydrogens (tertiary/aromatic N) is 10. The molecule has 0 radical (unpaired) electrons. The number of hydrogen-bond donors (Lipinski definition) is 6. The van der Waals surface area contributed by atoms with E-state index in [9.17, 15) is 52.7 Å². The number of nitrogen functional groups attached to an aromatic ring is 1. The Morgan fingerprint density at radius 2 is 0.857 bits per heavy atom. The molecule has 0 aliphatic heterocycles. The molecule has 5 heterocycles. The highest BCUT2D eigenvalue weighted by molar-refractivity contribution is 5.89. The second kappa shape index (κ2) is 55.7. The predicted molar refractivity (Wildman–Crippen MR) is 483 cm³/mol. The van der Waals surface area contributed by atoms with E-state index in [0.717, 1.165) is 160 Å². The molecule has 684 valence electrons. The number of rotatable bonds is 10. The molecule has 0 aromatic carbocycles. The summed E-state index contributed by atoms with van der Waals surface area (Å²) in [4.78, 5) is 143. The van der Waals surface area contributed by atoms with Crippen LogP contribution < -0.4 is 50.4 Å². The number of hydrogen-bond acceptors (Lipinski definition) is 18. The van der Waals surface area contributed by atoms with E-state index < -0.39 is 46.8 Å². The van der Waals surface area contributed by atoms with Crippen LogP contribution in [0.4, 0.5) is 16.2 Å². The maximum atomic E-state index is 12.6. The SMILES string of the molecule is COC(=O)c1cccoc1=O.C[C@@H]1CCC[C@H](C#N)C1.C[C@@H]1CCC[C@H](C(=O)O)C1.C[C@@H]1CCC[C@H](C(N)=O)C1.Cl.[C-]#[N+][C@@H]1CCC[C@H](N)C1.[C-]#[N+][C@@H]1CCC[C@H](n2cccc(C(=O)O)c2=O)C1.[C-]#[N+][C@@H]1CCC[C@H](n2cccc(C(=O)OC)c2=O)C1.[C-]#[N+][C@@H]1CCC[C@H](n2cccc(N)c2=O)C1.[C-]#[N+][C@@H]1CCC[C@H](n2cccc(NC(=O)OC(C)(C)C)c2=O)C1. The zero-order chi connectivity index (χ0) is 92.3. The van der Waals surface area contributed by atoms with Crippen molar-refractivity contribution in [3.8, 4) is 6.07 Å². The minimum Gasteiger partial charge on any atom is -0.481 e. The van der Waals surface area contributed by atoms with Crippen molar-refractivity contribution >= 4 is 59.7 Å². The predicted octanol–water partition coefficient (Wildman–Crippen LogP) is 17.0. The summed E-state index contributed by atoms with van der Waals surface area (Å²) in [6, 6.07) is 18.5. The molecule has 126 heavy (non-hydrogen) atoms. The smallest absolute Gasteiger partial charge is 0.412 e. The number of esters is 2. The highest BCUT2D eigenvalue weighted by Gasteiger charge is 2.34. The first kappa shape index (κ1) is 107. The van der Waals surface area contributed by atoms with Crippen LogP contribution in [0.1, 0.15) is 302 Å². The monoisotopic (exact) mass is 1760 g/mol. The largest absolute Gasteiger partial charge is 0.481 e. The molecule has 32 heteroatoms. The highest BCUT2D eigenvalue weighted by Crippen LogP contribution is 2.35. The number of aliphatic carboxylic acids is 1. The van der Waals surface area contributed by atoms with Gasteiger partial charge in [-0.1, -0.05) is 59.3 Å². The number of carbonyl (C=O) groups is 6. The van der Waals surface area contributed by atoms with Crippen LogP contribution in [0.2, 0.25) is 0 Å². The number of aromatic carboxylic acids is 1. The topological polar surface area (TPSA) is 424 Å². The number of methoxy groups -OCH3 is 2. The quantitative estimate of drug-likeness (QED) is 0.0429. The fourth-order valence-corrected chi connectivity index (χ4v) is 17.0. The molecular weight excluding hydrogens is 1630 g/mol. The third-order valence-corrected chi connectivity index (χ3v) is 23.7. The summed E-state index contributed by atoms with van der Waals surface area (Å²) in [5.41, 5.74) is 14.2. The third-order valence-electron chi connectivity index (χ3n) is 23.7. The van der Waals surface area contributed by atoms with Crippen LogP contribution in [0.25, 0.3) is 24.2 Å². The molecule has 31 nitrogen and oxygen atoms in total. The van der Waals surface area contributed by atoms with Gasteiger partial charge in [0, 0.05) is 131 Å². The van der Waals surface area contributed by atoms with Gasteiger partial charge in [0.2, 0.25) is 36.1 Å². The maximum absolute atomic E-state index is 12.6. The van der Waals surface area contributed by atoms with E-state index in [2.05, 4.69) is 70.3 Å². The molecule has 0 saturated heterocycles. The van der Waals surface area contributed by atoms with Crippen molar-refractivity contribution in [3.63, 3.8) is 0 Å². The summed E-state index contributed by atoms with van der Waals surface area (Å²) in [6.07, 6.45) is 38.7. The number of nitrogens with two attached hydrogens (primary N) is 3. The van der Waals surface area contributed by atoms with Crippen LogP contribution in [0, 0.1) is 79.7 Å². The number of amides is 2. The molecule has 0 bridgehead atoms. The standard InChI is InChI=1S/C17H23N3O3.C14H16N2O3.C13H14N2O3.C12H15N3O.C8H15NO.C8H13N.C8H14O2.C7H12N2.C7H6O4.ClH/c1-17(2,3)23-16(22)19-14-9-6-10-20(15(14)21)13-8-5-7-12(11-13)18-4;1-15-10-5-3-6-11(9-10)16-8-4-7-12(13(16)17)14(18)19-2;1-14-9-4-2-5-10(8-9)15-7-3-6-11(12(15)16)13(17)18;1-14-9-4-2-5-10(8-9)15-7-3-6-11(13)12(15)16;1-6-3-2-4-7(5-6)8(9)10;1-7-3-2-4-8(5-7)6-9;1-6-3-2-4-7(5-6)8(9)10;1-9-7-4-2-3-6(8)5-7;1-10-6(8)5-3-2-4-11-7(5)9;/h6,9-10,12-13H,5,7-8,11H2,1-3H3,(H,19,22);4,7-8,10-11H,3,5-6,9H2,2H3;3,6-7,9-10H,2,4-5,8H2,(H,17,18);3,6-7,9-10H,2,4-5,8,13H2;6-7H,2-5H2,1H3,(H2,9,10);7-8H,2-5H2,1H3;6-7H,2-5H2,1H3,(H,9,10);6-7H,2-5,8H2;2-4H,1H3;1H/t12-,13+;10-,11+;2*9-,10+;6-,7+;7-,8+;2*6-,7+;;/m11111110../s1. The number of anilines is 2. The minimum absolute atomic E-state index is 0. The lowest BCUT2D eigenvalue weighted by Crippen LogP contribution is -2.33. The summed E-state index contributed by atoms with van der Waals surface area (Å²) in [5, 5.41) is 28.7. The van der Waals surface area contributed by atoms with Gasteiger partial charge in [0.25, 0.3) is 22.2 Å². The van der Waals surface area contributed by atoms with Crippen molar-refractivity contribution < 1.29 is 57.6 Å². The Morgan fingerprint density at radius 3 is 1.23 bits per heavy atom. The molecular formula is C94H129ClN14O17. The van der Waals surface area contributed by atoms with Gasteiger partial charge in [-0.15, -0.1) is 12.4 Å². The molecule has 16 atom stereocenters. The van der Waals surface area contributed by atoms with E-state index in [1.54, 1.807) is 95.7 Å². The van der Waals surface area contributed by atoms with Crippen LogP contribution >= 0.6 is 12.4 Å². The Bertz CT molecular complexity index is 4850. The van der Waals surface area contributed by atoms with Crippen molar-refractivity contribution in [1.82, 2.24) is 18.3 Å². The number of primary amides is 1. The molecule has 5 aromatic heterocycles. The van der Waals surface area contributed by atoms with E-state index in [0.29, 0.717) is 43.1 Å². The lowest BCUT2D eigenvalue weighted by Gasteiger charge is -2.25. The molecule has 5 aromatic rings. The van der Waals surface area contributed by atoms with Crippen molar-refractivity contribution in [1.29, 1.82) is 5.26 Å². The van der Waals surface area contributed by atoms with Crippen LogP contribution in [0.5, 0.6) is 0 Å². The minimum atomic E-state index is -1.20. The second-order valence-corrected chi connectivity index (χ2v) is 34.7. The molecule has 8 fully saturated rings. The molecule has 0 spiro atoms. The number of carbonyl (C=O) groups excluding carboxylic acids is 4.